The smallest absolute Gasteiger partial charge is 0.228 e. The predicted molar refractivity (Wildman–Crippen MR) is 92.1 cm³/mol. The van der Waals surface area contributed by atoms with Gasteiger partial charge in [-0.2, -0.15) is 5.10 Å². The topological polar surface area (TPSA) is 56.2 Å². The van der Waals surface area contributed by atoms with E-state index in [4.69, 9.17) is 16.3 Å². The maximum atomic E-state index is 12.4. The van der Waals surface area contributed by atoms with E-state index < -0.39 is 0 Å². The molecule has 1 saturated heterocycles. The molecule has 0 radical (unpaired) electrons. The fraction of sp³-hybridized carbons (Fsp3) is 0.444. The predicted octanol–water partition coefficient (Wildman–Crippen LogP) is 3.46. The van der Waals surface area contributed by atoms with Crippen molar-refractivity contribution >= 4 is 23.2 Å². The van der Waals surface area contributed by atoms with E-state index in [0.717, 1.165) is 43.7 Å². The van der Waals surface area contributed by atoms with Gasteiger partial charge in [0.1, 0.15) is 0 Å². The zero-order valence-corrected chi connectivity index (χ0v) is 14.1. The quantitative estimate of drug-likeness (QED) is 0.902. The van der Waals surface area contributed by atoms with Crippen molar-refractivity contribution in [3.63, 3.8) is 0 Å². The molecule has 0 bridgehead atoms. The fourth-order valence-electron chi connectivity index (χ4n) is 3.35. The van der Waals surface area contributed by atoms with E-state index in [1.807, 2.05) is 35.1 Å². The van der Waals surface area contributed by atoms with Crippen molar-refractivity contribution in [1.82, 2.24) is 9.78 Å². The Balaban J connectivity index is 1.33. The Bertz CT molecular complexity index is 739. The first-order valence-corrected chi connectivity index (χ1v) is 8.77. The van der Waals surface area contributed by atoms with Crippen LogP contribution < -0.4 is 5.32 Å². The number of carbonyl (C=O) groups excluding carboxylic acids is 1. The first kappa shape index (κ1) is 15.7. The number of anilines is 1. The van der Waals surface area contributed by atoms with Gasteiger partial charge < -0.3 is 10.1 Å². The number of rotatable bonds is 5. The number of nitrogens with zero attached hydrogens (tertiary/aromatic N) is 2. The Morgan fingerprint density at radius 1 is 1.46 bits per heavy atom. The van der Waals surface area contributed by atoms with Gasteiger partial charge in [0, 0.05) is 23.7 Å². The number of nitrogens with one attached hydrogen (secondary N) is 1. The molecule has 2 heterocycles. The number of hydrogen-bond acceptors (Lipinski definition) is 3. The summed E-state index contributed by atoms with van der Waals surface area (Å²) in [5.41, 5.74) is 1.88. The van der Waals surface area contributed by atoms with E-state index in [1.54, 1.807) is 6.20 Å². The summed E-state index contributed by atoms with van der Waals surface area (Å²) in [6.07, 6.45) is 6.87. The van der Waals surface area contributed by atoms with Gasteiger partial charge >= 0.3 is 0 Å². The molecule has 1 aromatic heterocycles. The molecular weight excluding hydrogens is 326 g/mol. The van der Waals surface area contributed by atoms with Gasteiger partial charge in [-0.3, -0.25) is 9.48 Å². The number of halogens is 1. The Morgan fingerprint density at radius 3 is 3.17 bits per heavy atom. The van der Waals surface area contributed by atoms with Crippen molar-refractivity contribution in [2.24, 2.45) is 5.92 Å². The highest BCUT2D eigenvalue weighted by Gasteiger charge is 2.44. The van der Waals surface area contributed by atoms with Crippen molar-refractivity contribution in [2.45, 2.75) is 37.8 Å². The third-order valence-corrected chi connectivity index (χ3v) is 4.95. The van der Waals surface area contributed by atoms with Gasteiger partial charge in [-0.05, 0) is 42.9 Å². The second-order valence-corrected chi connectivity index (χ2v) is 7.02. The SMILES string of the molecule is O=C(Nc1cnn(CC2CCCO2)c1)C1CC1c1cccc(Cl)c1. The highest BCUT2D eigenvalue weighted by molar-refractivity contribution is 6.30. The number of amides is 1. The van der Waals surface area contributed by atoms with Gasteiger partial charge in [-0.25, -0.2) is 0 Å². The van der Waals surface area contributed by atoms with Crippen LogP contribution in [-0.2, 0) is 16.1 Å². The Morgan fingerprint density at radius 2 is 2.38 bits per heavy atom. The summed E-state index contributed by atoms with van der Waals surface area (Å²) < 4.78 is 7.45. The Labute approximate surface area is 145 Å². The van der Waals surface area contributed by atoms with Gasteiger partial charge in [0.25, 0.3) is 0 Å². The van der Waals surface area contributed by atoms with Crippen LogP contribution in [-0.4, -0.2) is 28.4 Å². The molecule has 1 aliphatic carbocycles. The highest BCUT2D eigenvalue weighted by Crippen LogP contribution is 2.48. The third kappa shape index (κ3) is 3.47. The minimum atomic E-state index is 0.0185. The molecule has 0 spiro atoms. The van der Waals surface area contributed by atoms with Crippen LogP contribution in [0.2, 0.25) is 5.02 Å². The van der Waals surface area contributed by atoms with Crippen LogP contribution in [0.4, 0.5) is 5.69 Å². The second kappa shape index (κ2) is 6.57. The molecule has 1 aliphatic heterocycles. The summed E-state index contributed by atoms with van der Waals surface area (Å²) >= 11 is 6.02. The van der Waals surface area contributed by atoms with Gasteiger partial charge in [0.2, 0.25) is 5.91 Å². The molecule has 3 unspecified atom stereocenters. The van der Waals surface area contributed by atoms with E-state index >= 15 is 0 Å². The molecule has 24 heavy (non-hydrogen) atoms. The molecule has 2 aliphatic rings. The molecule has 1 N–H and O–H groups in total. The summed E-state index contributed by atoms with van der Waals surface area (Å²) in [6, 6.07) is 7.76. The molecule has 2 aromatic rings. The normalized spacial score (nSPS) is 25.6. The zero-order chi connectivity index (χ0) is 16.5. The highest BCUT2D eigenvalue weighted by atomic mass is 35.5. The van der Waals surface area contributed by atoms with E-state index in [2.05, 4.69) is 10.4 Å². The average molecular weight is 346 g/mol. The minimum absolute atomic E-state index is 0.0185. The molecule has 126 valence electrons. The molecule has 1 saturated carbocycles. The molecule has 3 atom stereocenters. The van der Waals surface area contributed by atoms with Crippen molar-refractivity contribution < 1.29 is 9.53 Å². The lowest BCUT2D eigenvalue weighted by Gasteiger charge is -2.08. The molecular formula is C18H20ClN3O2. The number of aromatic nitrogens is 2. The van der Waals surface area contributed by atoms with E-state index in [0.29, 0.717) is 5.02 Å². The summed E-state index contributed by atoms with van der Waals surface area (Å²) in [6.45, 7) is 1.58. The van der Waals surface area contributed by atoms with E-state index in [-0.39, 0.29) is 23.8 Å². The Kier molecular flexibility index (Phi) is 4.29. The van der Waals surface area contributed by atoms with Crippen LogP contribution in [0.25, 0.3) is 0 Å². The lowest BCUT2D eigenvalue weighted by Crippen LogP contribution is -2.16. The van der Waals surface area contributed by atoms with E-state index in [9.17, 15) is 4.79 Å². The van der Waals surface area contributed by atoms with Crippen LogP contribution in [0.3, 0.4) is 0 Å². The third-order valence-electron chi connectivity index (χ3n) is 4.72. The molecule has 4 rings (SSSR count). The fourth-order valence-corrected chi connectivity index (χ4v) is 3.55. The molecule has 1 aromatic carbocycles. The van der Waals surface area contributed by atoms with Crippen LogP contribution >= 0.6 is 11.6 Å². The monoisotopic (exact) mass is 345 g/mol. The van der Waals surface area contributed by atoms with Crippen LogP contribution in [0.15, 0.2) is 36.7 Å². The number of benzene rings is 1. The lowest BCUT2D eigenvalue weighted by molar-refractivity contribution is -0.117. The van der Waals surface area contributed by atoms with Gasteiger partial charge in [-0.15, -0.1) is 0 Å². The average Bonchev–Trinajstić information content (AvgIpc) is 2.99. The summed E-state index contributed by atoms with van der Waals surface area (Å²) in [4.78, 5) is 12.4. The molecule has 5 nitrogen and oxygen atoms in total. The van der Waals surface area contributed by atoms with Crippen molar-refractivity contribution in [3.8, 4) is 0 Å². The van der Waals surface area contributed by atoms with E-state index in [1.165, 1.54) is 0 Å². The van der Waals surface area contributed by atoms with Crippen molar-refractivity contribution in [3.05, 3.63) is 47.2 Å². The first-order valence-electron chi connectivity index (χ1n) is 8.39. The lowest BCUT2D eigenvalue weighted by atomic mass is 10.1. The van der Waals surface area contributed by atoms with Crippen molar-refractivity contribution in [1.29, 1.82) is 0 Å². The van der Waals surface area contributed by atoms with Crippen LogP contribution in [0, 0.1) is 5.92 Å². The number of hydrogen-bond donors (Lipinski definition) is 1. The van der Waals surface area contributed by atoms with Gasteiger partial charge in [0.15, 0.2) is 0 Å². The Hall–Kier alpha value is -1.85. The number of carbonyl (C=O) groups is 1. The molecule has 1 amide bonds. The van der Waals surface area contributed by atoms with Crippen LogP contribution in [0.1, 0.15) is 30.7 Å². The molecule has 2 fully saturated rings. The van der Waals surface area contributed by atoms with Gasteiger partial charge in [0.05, 0.1) is 24.5 Å². The summed E-state index contributed by atoms with van der Waals surface area (Å²) in [5, 5.41) is 7.99. The van der Waals surface area contributed by atoms with Crippen LogP contribution in [0.5, 0.6) is 0 Å². The first-order chi connectivity index (χ1) is 11.7. The standard InChI is InChI=1S/C18H20ClN3O2/c19-13-4-1-3-12(7-13)16-8-17(16)18(23)21-14-9-20-22(10-14)11-15-5-2-6-24-15/h1,3-4,7,9-10,15-17H,2,5-6,8,11H2,(H,21,23). The van der Waals surface area contributed by atoms with Crippen molar-refractivity contribution in [2.75, 3.05) is 11.9 Å². The summed E-state index contributed by atoms with van der Waals surface area (Å²) in [7, 11) is 0. The minimum Gasteiger partial charge on any atom is -0.376 e. The molecule has 6 heteroatoms. The largest absolute Gasteiger partial charge is 0.376 e. The summed E-state index contributed by atoms with van der Waals surface area (Å²) in [5.74, 6) is 0.340. The second-order valence-electron chi connectivity index (χ2n) is 6.58. The number of ether oxygens (including phenoxy) is 1. The maximum absolute atomic E-state index is 12.4. The van der Waals surface area contributed by atoms with Gasteiger partial charge in [-0.1, -0.05) is 23.7 Å². The maximum Gasteiger partial charge on any atom is 0.228 e. The zero-order valence-electron chi connectivity index (χ0n) is 13.3.